The zero-order chi connectivity index (χ0) is 15.8. The van der Waals surface area contributed by atoms with Gasteiger partial charge in [0.25, 0.3) is 0 Å². The van der Waals surface area contributed by atoms with E-state index in [4.69, 9.17) is 5.11 Å². The molecule has 122 valence electrons. The van der Waals surface area contributed by atoms with Crippen molar-refractivity contribution in [2.75, 3.05) is 26.2 Å². The molecule has 4 nitrogen and oxygen atoms in total. The maximum absolute atomic E-state index is 12.2. The fraction of sp³-hybridized carbons (Fsp3) is 0.611. The number of nitrogens with one attached hydrogen (secondary N) is 1. The van der Waals surface area contributed by atoms with Crippen LogP contribution in [0.15, 0.2) is 24.3 Å². The SMILES string of the molecule is Cc1ccc(CNC(=O)C2CCN(CCCCO)CC2)cc1. The normalized spacial score (nSPS) is 16.6. The topological polar surface area (TPSA) is 52.6 Å². The van der Waals surface area contributed by atoms with E-state index in [2.05, 4.69) is 41.4 Å². The van der Waals surface area contributed by atoms with E-state index in [-0.39, 0.29) is 18.4 Å². The maximum atomic E-state index is 12.2. The predicted molar refractivity (Wildman–Crippen MR) is 88.5 cm³/mol. The second kappa shape index (κ2) is 8.91. The van der Waals surface area contributed by atoms with E-state index in [1.54, 1.807) is 0 Å². The highest BCUT2D eigenvalue weighted by Crippen LogP contribution is 2.18. The molecule has 22 heavy (non-hydrogen) atoms. The van der Waals surface area contributed by atoms with Crippen LogP contribution < -0.4 is 5.32 Å². The summed E-state index contributed by atoms with van der Waals surface area (Å²) in [6.45, 7) is 5.99. The van der Waals surface area contributed by atoms with Gasteiger partial charge in [-0.25, -0.2) is 0 Å². The Hall–Kier alpha value is -1.39. The highest BCUT2D eigenvalue weighted by Gasteiger charge is 2.24. The van der Waals surface area contributed by atoms with Gasteiger partial charge in [-0.15, -0.1) is 0 Å². The van der Waals surface area contributed by atoms with Crippen LogP contribution in [-0.2, 0) is 11.3 Å². The van der Waals surface area contributed by atoms with Gasteiger partial charge < -0.3 is 15.3 Å². The summed E-state index contributed by atoms with van der Waals surface area (Å²) in [6, 6.07) is 8.29. The molecule has 0 aromatic heterocycles. The average Bonchev–Trinajstić information content (AvgIpc) is 2.55. The molecule has 0 atom stereocenters. The van der Waals surface area contributed by atoms with Gasteiger partial charge in [0.2, 0.25) is 5.91 Å². The number of carbonyl (C=O) groups excluding carboxylic acids is 1. The Bertz CT molecular complexity index is 451. The minimum atomic E-state index is 0.152. The molecular weight excluding hydrogens is 276 g/mol. The Labute approximate surface area is 133 Å². The minimum absolute atomic E-state index is 0.152. The number of hydrogen-bond acceptors (Lipinski definition) is 3. The van der Waals surface area contributed by atoms with Gasteiger partial charge in [-0.3, -0.25) is 4.79 Å². The molecule has 0 unspecified atom stereocenters. The molecule has 0 aliphatic carbocycles. The van der Waals surface area contributed by atoms with Crippen molar-refractivity contribution in [1.82, 2.24) is 10.2 Å². The molecule has 0 saturated carbocycles. The number of amides is 1. The Kier molecular flexibility index (Phi) is 6.87. The lowest BCUT2D eigenvalue weighted by atomic mass is 9.95. The largest absolute Gasteiger partial charge is 0.396 e. The molecule has 0 bridgehead atoms. The van der Waals surface area contributed by atoms with Crippen LogP contribution in [0.5, 0.6) is 0 Å². The fourth-order valence-corrected chi connectivity index (χ4v) is 2.91. The van der Waals surface area contributed by atoms with Gasteiger partial charge in [0.15, 0.2) is 0 Å². The third-order valence-electron chi connectivity index (χ3n) is 4.43. The predicted octanol–water partition coefficient (Wildman–Crippen LogP) is 2.10. The summed E-state index contributed by atoms with van der Waals surface area (Å²) >= 11 is 0. The van der Waals surface area contributed by atoms with Crippen molar-refractivity contribution < 1.29 is 9.90 Å². The average molecular weight is 304 g/mol. The summed E-state index contributed by atoms with van der Waals surface area (Å²) in [5, 5.41) is 11.9. The van der Waals surface area contributed by atoms with Crippen LogP contribution in [0.2, 0.25) is 0 Å². The summed E-state index contributed by atoms with van der Waals surface area (Å²) < 4.78 is 0. The number of aliphatic hydroxyl groups excluding tert-OH is 1. The number of rotatable bonds is 7. The van der Waals surface area contributed by atoms with Gasteiger partial charge in [0.05, 0.1) is 0 Å². The van der Waals surface area contributed by atoms with Crippen LogP contribution >= 0.6 is 0 Å². The van der Waals surface area contributed by atoms with Crippen molar-refractivity contribution in [3.8, 4) is 0 Å². The molecule has 1 fully saturated rings. The van der Waals surface area contributed by atoms with Gasteiger partial charge in [0.1, 0.15) is 0 Å². The van der Waals surface area contributed by atoms with Crippen molar-refractivity contribution in [2.45, 2.75) is 39.2 Å². The Morgan fingerprint density at radius 2 is 1.91 bits per heavy atom. The number of nitrogens with zero attached hydrogens (tertiary/aromatic N) is 1. The molecule has 1 aromatic carbocycles. The highest BCUT2D eigenvalue weighted by atomic mass is 16.2. The van der Waals surface area contributed by atoms with Crippen LogP contribution in [-0.4, -0.2) is 42.2 Å². The van der Waals surface area contributed by atoms with Gasteiger partial charge in [0, 0.05) is 19.1 Å². The number of carbonyl (C=O) groups is 1. The first-order valence-electron chi connectivity index (χ1n) is 8.35. The standard InChI is InChI=1S/C18H28N2O2/c1-15-4-6-16(7-5-15)14-19-18(22)17-8-11-20(12-9-17)10-2-3-13-21/h4-7,17,21H,2-3,8-14H2,1H3,(H,19,22). The van der Waals surface area contributed by atoms with E-state index in [0.29, 0.717) is 6.54 Å². The second-order valence-electron chi connectivity index (χ2n) is 6.25. The van der Waals surface area contributed by atoms with Gasteiger partial charge in [-0.05, 0) is 57.8 Å². The first-order chi connectivity index (χ1) is 10.7. The quantitative estimate of drug-likeness (QED) is 0.759. The lowest BCUT2D eigenvalue weighted by Crippen LogP contribution is -2.40. The molecule has 2 N–H and O–H groups in total. The molecule has 2 rings (SSSR count). The van der Waals surface area contributed by atoms with E-state index >= 15 is 0 Å². The number of benzene rings is 1. The monoisotopic (exact) mass is 304 g/mol. The van der Waals surface area contributed by atoms with Gasteiger partial charge in [-0.1, -0.05) is 29.8 Å². The number of unbranched alkanes of at least 4 members (excludes halogenated alkanes) is 1. The van der Waals surface area contributed by atoms with E-state index < -0.39 is 0 Å². The molecule has 4 heteroatoms. The summed E-state index contributed by atoms with van der Waals surface area (Å²) in [5.41, 5.74) is 2.39. The van der Waals surface area contributed by atoms with Crippen molar-refractivity contribution >= 4 is 5.91 Å². The number of aliphatic hydroxyl groups is 1. The second-order valence-corrected chi connectivity index (χ2v) is 6.25. The maximum Gasteiger partial charge on any atom is 0.223 e. The molecule has 1 aromatic rings. The summed E-state index contributed by atoms with van der Waals surface area (Å²) in [4.78, 5) is 14.6. The Morgan fingerprint density at radius 3 is 2.55 bits per heavy atom. The first-order valence-corrected chi connectivity index (χ1v) is 8.35. The van der Waals surface area contributed by atoms with E-state index in [0.717, 1.165) is 50.9 Å². The molecule has 0 radical (unpaired) electrons. The zero-order valence-electron chi connectivity index (χ0n) is 13.6. The smallest absolute Gasteiger partial charge is 0.223 e. The first kappa shape index (κ1) is 17.0. The van der Waals surface area contributed by atoms with E-state index in [1.807, 2.05) is 0 Å². The molecule has 1 aliphatic rings. The Morgan fingerprint density at radius 1 is 1.23 bits per heavy atom. The van der Waals surface area contributed by atoms with Crippen LogP contribution in [0.3, 0.4) is 0 Å². The lowest BCUT2D eigenvalue weighted by Gasteiger charge is -2.31. The van der Waals surface area contributed by atoms with Crippen molar-refractivity contribution in [1.29, 1.82) is 0 Å². The van der Waals surface area contributed by atoms with Crippen LogP contribution in [0.25, 0.3) is 0 Å². The molecule has 0 spiro atoms. The van der Waals surface area contributed by atoms with Gasteiger partial charge >= 0.3 is 0 Å². The molecule has 1 amide bonds. The van der Waals surface area contributed by atoms with Gasteiger partial charge in [-0.2, -0.15) is 0 Å². The van der Waals surface area contributed by atoms with Crippen molar-refractivity contribution in [3.05, 3.63) is 35.4 Å². The fourth-order valence-electron chi connectivity index (χ4n) is 2.91. The summed E-state index contributed by atoms with van der Waals surface area (Å²) in [5.74, 6) is 0.343. The number of likely N-dealkylation sites (tertiary alicyclic amines) is 1. The summed E-state index contributed by atoms with van der Waals surface area (Å²) in [6.07, 6.45) is 3.80. The molecular formula is C18H28N2O2. The van der Waals surface area contributed by atoms with Crippen LogP contribution in [0.4, 0.5) is 0 Å². The van der Waals surface area contributed by atoms with Crippen LogP contribution in [0.1, 0.15) is 36.8 Å². The molecule has 1 saturated heterocycles. The number of aryl methyl sites for hydroxylation is 1. The molecule has 1 heterocycles. The third-order valence-corrected chi connectivity index (χ3v) is 4.43. The number of hydrogen-bond donors (Lipinski definition) is 2. The zero-order valence-corrected chi connectivity index (χ0v) is 13.6. The van der Waals surface area contributed by atoms with Crippen molar-refractivity contribution in [3.63, 3.8) is 0 Å². The minimum Gasteiger partial charge on any atom is -0.396 e. The molecule has 1 aliphatic heterocycles. The third kappa shape index (κ3) is 5.43. The van der Waals surface area contributed by atoms with Crippen LogP contribution in [0, 0.1) is 12.8 Å². The van der Waals surface area contributed by atoms with E-state index in [1.165, 1.54) is 5.56 Å². The lowest BCUT2D eigenvalue weighted by molar-refractivity contribution is -0.126. The Balaban J connectivity index is 1.67. The number of piperidine rings is 1. The summed E-state index contributed by atoms with van der Waals surface area (Å²) in [7, 11) is 0. The van der Waals surface area contributed by atoms with Crippen molar-refractivity contribution in [2.24, 2.45) is 5.92 Å². The highest BCUT2D eigenvalue weighted by molar-refractivity contribution is 5.78. The van der Waals surface area contributed by atoms with E-state index in [9.17, 15) is 4.79 Å².